The number of carbonyl (C=O) groups is 1. The van der Waals surface area contributed by atoms with E-state index >= 15 is 0 Å². The number of para-hydroxylation sites is 1. The van der Waals surface area contributed by atoms with Gasteiger partial charge in [-0.25, -0.2) is 4.79 Å². The van der Waals surface area contributed by atoms with E-state index in [1.807, 2.05) is 26.8 Å². The second-order valence-electron chi connectivity index (χ2n) is 5.99. The van der Waals surface area contributed by atoms with Crippen molar-refractivity contribution in [1.29, 1.82) is 0 Å². The van der Waals surface area contributed by atoms with Crippen molar-refractivity contribution in [2.45, 2.75) is 26.2 Å². The summed E-state index contributed by atoms with van der Waals surface area (Å²) in [5.74, 6) is -0.0547. The monoisotopic (exact) mass is 300 g/mol. The van der Waals surface area contributed by atoms with Crippen LogP contribution in [0, 0.1) is 0 Å². The Morgan fingerprint density at radius 3 is 2.23 bits per heavy atom. The summed E-state index contributed by atoms with van der Waals surface area (Å²) in [4.78, 5) is 12.4. The van der Waals surface area contributed by atoms with Crippen LogP contribution in [0.5, 0.6) is 17.2 Å². The molecule has 0 saturated heterocycles. The van der Waals surface area contributed by atoms with Crippen molar-refractivity contribution in [2.24, 2.45) is 0 Å². The second kappa shape index (κ2) is 6.10. The zero-order valence-electron chi connectivity index (χ0n) is 13.2. The van der Waals surface area contributed by atoms with Gasteiger partial charge in [-0.05, 0) is 23.6 Å². The van der Waals surface area contributed by atoms with Crippen LogP contribution in [0.2, 0.25) is 0 Å². The maximum absolute atomic E-state index is 12.4. The molecule has 0 aliphatic heterocycles. The average Bonchev–Trinajstić information content (AvgIpc) is 2.46. The van der Waals surface area contributed by atoms with Gasteiger partial charge in [-0.15, -0.1) is 0 Å². The Labute approximate surface area is 130 Å². The van der Waals surface area contributed by atoms with Gasteiger partial charge in [0.1, 0.15) is 22.8 Å². The van der Waals surface area contributed by atoms with Crippen LogP contribution in [-0.2, 0) is 5.41 Å². The Balaban J connectivity index is 2.46. The first kappa shape index (κ1) is 15.9. The van der Waals surface area contributed by atoms with Crippen molar-refractivity contribution in [3.8, 4) is 17.2 Å². The minimum Gasteiger partial charge on any atom is -0.507 e. The molecule has 0 bridgehead atoms. The number of carbonyl (C=O) groups excluding carboxylic acids is 1. The molecular weight excluding hydrogens is 280 g/mol. The van der Waals surface area contributed by atoms with E-state index in [1.54, 1.807) is 36.4 Å². The van der Waals surface area contributed by atoms with E-state index < -0.39 is 5.97 Å². The van der Waals surface area contributed by atoms with Gasteiger partial charge in [-0.3, -0.25) is 0 Å². The number of rotatable bonds is 3. The van der Waals surface area contributed by atoms with Crippen LogP contribution in [-0.4, -0.2) is 18.2 Å². The van der Waals surface area contributed by atoms with Crippen molar-refractivity contribution in [1.82, 2.24) is 0 Å². The molecular formula is C18H20O4. The molecule has 2 rings (SSSR count). The molecule has 0 aliphatic carbocycles. The highest BCUT2D eigenvalue weighted by molar-refractivity contribution is 5.97. The lowest BCUT2D eigenvalue weighted by molar-refractivity contribution is 0.0727. The molecule has 0 fully saturated rings. The number of ether oxygens (including phenoxy) is 2. The Kier molecular flexibility index (Phi) is 4.40. The molecule has 4 heteroatoms. The molecule has 0 radical (unpaired) electrons. The summed E-state index contributed by atoms with van der Waals surface area (Å²) in [6.45, 7) is 5.88. The van der Waals surface area contributed by atoms with Crippen molar-refractivity contribution in [2.75, 3.05) is 7.11 Å². The van der Waals surface area contributed by atoms with Crippen molar-refractivity contribution in [3.63, 3.8) is 0 Å². The molecule has 0 aliphatic rings. The molecule has 116 valence electrons. The summed E-state index contributed by atoms with van der Waals surface area (Å²) in [5.41, 5.74) is 0.394. The zero-order chi connectivity index (χ0) is 16.3. The predicted octanol–water partition coefficient (Wildman–Crippen LogP) is 3.92. The first-order chi connectivity index (χ1) is 10.3. The average molecular weight is 300 g/mol. The highest BCUT2D eigenvalue weighted by Crippen LogP contribution is 2.38. The summed E-state index contributed by atoms with van der Waals surface area (Å²) < 4.78 is 10.5. The fourth-order valence-corrected chi connectivity index (χ4v) is 2.19. The third-order valence-electron chi connectivity index (χ3n) is 3.33. The Morgan fingerprint density at radius 2 is 1.68 bits per heavy atom. The lowest BCUT2D eigenvalue weighted by Gasteiger charge is -2.22. The molecule has 0 saturated carbocycles. The predicted molar refractivity (Wildman–Crippen MR) is 84.8 cm³/mol. The fourth-order valence-electron chi connectivity index (χ4n) is 2.19. The minimum atomic E-state index is -0.647. The summed E-state index contributed by atoms with van der Waals surface area (Å²) in [6, 6.07) is 12.1. The van der Waals surface area contributed by atoms with Gasteiger partial charge in [0, 0.05) is 5.56 Å². The molecule has 2 aromatic rings. The molecule has 2 aromatic carbocycles. The third kappa shape index (κ3) is 3.22. The number of phenols is 1. The maximum Gasteiger partial charge on any atom is 0.351 e. The first-order valence-electron chi connectivity index (χ1n) is 7.02. The SMILES string of the molecule is COc1ccc(C(C)(C)C)c(O)c1C(=O)Oc1ccccc1. The largest absolute Gasteiger partial charge is 0.507 e. The van der Waals surface area contributed by atoms with E-state index in [2.05, 4.69) is 0 Å². The molecule has 22 heavy (non-hydrogen) atoms. The normalized spacial score (nSPS) is 11.1. The van der Waals surface area contributed by atoms with E-state index in [0.29, 0.717) is 11.3 Å². The van der Waals surface area contributed by atoms with E-state index in [0.717, 1.165) is 0 Å². The van der Waals surface area contributed by atoms with Gasteiger partial charge < -0.3 is 14.6 Å². The van der Waals surface area contributed by atoms with Gasteiger partial charge in [-0.1, -0.05) is 45.0 Å². The van der Waals surface area contributed by atoms with Crippen molar-refractivity contribution < 1.29 is 19.4 Å². The third-order valence-corrected chi connectivity index (χ3v) is 3.33. The van der Waals surface area contributed by atoms with E-state index in [-0.39, 0.29) is 22.5 Å². The van der Waals surface area contributed by atoms with Crippen LogP contribution in [0.25, 0.3) is 0 Å². The highest BCUT2D eigenvalue weighted by atomic mass is 16.5. The van der Waals surface area contributed by atoms with Crippen LogP contribution in [0.1, 0.15) is 36.7 Å². The van der Waals surface area contributed by atoms with Gasteiger partial charge in [0.2, 0.25) is 0 Å². The summed E-state index contributed by atoms with van der Waals surface area (Å²) in [7, 11) is 1.45. The number of hydrogen-bond donors (Lipinski definition) is 1. The molecule has 0 heterocycles. The molecule has 0 spiro atoms. The van der Waals surface area contributed by atoms with Crippen molar-refractivity contribution in [3.05, 3.63) is 53.6 Å². The number of phenolic OH excluding ortho intramolecular Hbond substituents is 1. The van der Waals surface area contributed by atoms with Gasteiger partial charge in [0.15, 0.2) is 0 Å². The minimum absolute atomic E-state index is 0.0405. The Bertz CT molecular complexity index is 669. The number of hydrogen-bond acceptors (Lipinski definition) is 4. The number of esters is 1. The van der Waals surface area contributed by atoms with E-state index in [9.17, 15) is 9.90 Å². The molecule has 0 amide bonds. The van der Waals surface area contributed by atoms with Crippen LogP contribution < -0.4 is 9.47 Å². The quantitative estimate of drug-likeness (QED) is 0.689. The van der Waals surface area contributed by atoms with Crippen molar-refractivity contribution >= 4 is 5.97 Å². The first-order valence-corrected chi connectivity index (χ1v) is 7.02. The molecule has 0 aromatic heterocycles. The zero-order valence-corrected chi connectivity index (χ0v) is 13.2. The highest BCUT2D eigenvalue weighted by Gasteiger charge is 2.27. The van der Waals surface area contributed by atoms with Gasteiger partial charge in [-0.2, -0.15) is 0 Å². The van der Waals surface area contributed by atoms with Crippen LogP contribution in [0.15, 0.2) is 42.5 Å². The lowest BCUT2D eigenvalue weighted by atomic mass is 9.85. The van der Waals surface area contributed by atoms with Crippen LogP contribution >= 0.6 is 0 Å². The van der Waals surface area contributed by atoms with Crippen LogP contribution in [0.3, 0.4) is 0 Å². The number of benzene rings is 2. The molecule has 0 atom stereocenters. The standard InChI is InChI=1S/C18H20O4/c1-18(2,3)13-10-11-14(21-4)15(16(13)19)17(20)22-12-8-6-5-7-9-12/h5-11,19H,1-4H3. The Hall–Kier alpha value is -2.49. The molecule has 0 unspecified atom stereocenters. The second-order valence-corrected chi connectivity index (χ2v) is 5.99. The summed E-state index contributed by atoms with van der Waals surface area (Å²) in [6.07, 6.45) is 0. The number of methoxy groups -OCH3 is 1. The number of aromatic hydroxyl groups is 1. The smallest absolute Gasteiger partial charge is 0.351 e. The summed E-state index contributed by atoms with van der Waals surface area (Å²) >= 11 is 0. The lowest BCUT2D eigenvalue weighted by Crippen LogP contribution is -2.16. The topological polar surface area (TPSA) is 55.8 Å². The van der Waals surface area contributed by atoms with Crippen LogP contribution in [0.4, 0.5) is 0 Å². The van der Waals surface area contributed by atoms with E-state index in [4.69, 9.17) is 9.47 Å². The van der Waals surface area contributed by atoms with Gasteiger partial charge >= 0.3 is 5.97 Å². The maximum atomic E-state index is 12.4. The summed E-state index contributed by atoms with van der Waals surface area (Å²) in [5, 5.41) is 10.5. The van der Waals surface area contributed by atoms with Gasteiger partial charge in [0.05, 0.1) is 7.11 Å². The van der Waals surface area contributed by atoms with Gasteiger partial charge in [0.25, 0.3) is 0 Å². The molecule has 4 nitrogen and oxygen atoms in total. The molecule has 1 N–H and O–H groups in total. The van der Waals surface area contributed by atoms with E-state index in [1.165, 1.54) is 7.11 Å². The fraction of sp³-hybridized carbons (Fsp3) is 0.278. The Morgan fingerprint density at radius 1 is 1.05 bits per heavy atom.